The lowest BCUT2D eigenvalue weighted by atomic mass is 9.93. The highest BCUT2D eigenvalue weighted by atomic mass is 32.1. The van der Waals surface area contributed by atoms with Crippen LogP contribution < -0.4 is 11.1 Å². The van der Waals surface area contributed by atoms with Crippen LogP contribution in [0.1, 0.15) is 37.0 Å². The van der Waals surface area contributed by atoms with E-state index in [9.17, 15) is 4.79 Å². The number of nitrogens with one attached hydrogen (secondary N) is 1. The van der Waals surface area contributed by atoms with E-state index in [0.717, 1.165) is 5.69 Å². The van der Waals surface area contributed by atoms with Crippen LogP contribution in [0.3, 0.4) is 0 Å². The lowest BCUT2D eigenvalue weighted by molar-refractivity contribution is 0.102. The molecule has 0 aliphatic carbocycles. The first-order chi connectivity index (χ1) is 8.86. The van der Waals surface area contributed by atoms with Crippen molar-refractivity contribution in [2.45, 2.75) is 26.2 Å². The maximum absolute atomic E-state index is 11.9. The van der Waals surface area contributed by atoms with E-state index in [0.29, 0.717) is 5.13 Å². The molecule has 0 unspecified atom stereocenters. The van der Waals surface area contributed by atoms with Gasteiger partial charge in [0.2, 0.25) is 0 Å². The summed E-state index contributed by atoms with van der Waals surface area (Å²) in [6, 6.07) is 3.06. The molecule has 0 atom stereocenters. The van der Waals surface area contributed by atoms with E-state index >= 15 is 0 Å². The predicted molar refractivity (Wildman–Crippen MR) is 75.2 cm³/mol. The molecule has 2 aromatic heterocycles. The van der Waals surface area contributed by atoms with Gasteiger partial charge >= 0.3 is 0 Å². The lowest BCUT2D eigenvalue weighted by Gasteiger charge is -2.14. The Balaban J connectivity index is 2.11. The van der Waals surface area contributed by atoms with Gasteiger partial charge in [0.25, 0.3) is 5.91 Å². The molecule has 0 aromatic carbocycles. The highest BCUT2D eigenvalue weighted by Gasteiger charge is 2.18. The zero-order valence-corrected chi connectivity index (χ0v) is 11.8. The van der Waals surface area contributed by atoms with Crippen molar-refractivity contribution in [2.75, 3.05) is 11.1 Å². The van der Waals surface area contributed by atoms with E-state index in [-0.39, 0.29) is 22.8 Å². The maximum atomic E-state index is 11.9. The van der Waals surface area contributed by atoms with Crippen molar-refractivity contribution in [1.82, 2.24) is 15.2 Å². The molecule has 0 saturated heterocycles. The monoisotopic (exact) mass is 277 g/mol. The number of anilines is 2. The summed E-state index contributed by atoms with van der Waals surface area (Å²) in [7, 11) is 0. The van der Waals surface area contributed by atoms with Gasteiger partial charge in [0, 0.05) is 10.8 Å². The van der Waals surface area contributed by atoms with Gasteiger partial charge in [-0.25, -0.2) is 4.98 Å². The molecule has 2 rings (SSSR count). The van der Waals surface area contributed by atoms with Crippen molar-refractivity contribution in [3.8, 4) is 0 Å². The van der Waals surface area contributed by atoms with Crippen LogP contribution in [0.2, 0.25) is 0 Å². The molecule has 0 fully saturated rings. The fourth-order valence-corrected chi connectivity index (χ4v) is 2.23. The normalized spacial score (nSPS) is 11.3. The van der Waals surface area contributed by atoms with E-state index < -0.39 is 0 Å². The maximum Gasteiger partial charge on any atom is 0.277 e. The minimum absolute atomic E-state index is 0.0412. The predicted octanol–water partition coefficient (Wildman–Crippen LogP) is 2.07. The van der Waals surface area contributed by atoms with E-state index in [2.05, 4.69) is 41.3 Å². The molecular weight excluding hydrogens is 262 g/mol. The quantitative estimate of drug-likeness (QED) is 0.876. The van der Waals surface area contributed by atoms with Gasteiger partial charge in [-0.15, -0.1) is 21.5 Å². The second-order valence-corrected chi connectivity index (χ2v) is 5.94. The fourth-order valence-electron chi connectivity index (χ4n) is 1.30. The van der Waals surface area contributed by atoms with Crippen LogP contribution in [0.25, 0.3) is 0 Å². The third-order valence-electron chi connectivity index (χ3n) is 2.41. The van der Waals surface area contributed by atoms with Crippen molar-refractivity contribution in [3.05, 3.63) is 28.9 Å². The Kier molecular flexibility index (Phi) is 3.48. The Morgan fingerprint density at radius 2 is 2.05 bits per heavy atom. The Labute approximate surface area is 115 Å². The molecule has 0 aliphatic heterocycles. The SMILES string of the molecule is CC(C)(C)c1csc(NC(=O)c2ccc(N)nn2)n1. The molecule has 0 aliphatic rings. The van der Waals surface area contributed by atoms with Crippen LogP contribution in [0.4, 0.5) is 10.9 Å². The van der Waals surface area contributed by atoms with E-state index in [1.807, 2.05) is 5.38 Å². The standard InChI is InChI=1S/C12H15N5OS/c1-12(2,3)8-6-19-11(14-8)15-10(18)7-4-5-9(13)17-16-7/h4-6H,1-3H3,(H2,13,17)(H,14,15,18). The fraction of sp³-hybridized carbons (Fsp3) is 0.333. The van der Waals surface area contributed by atoms with Gasteiger partial charge in [-0.05, 0) is 12.1 Å². The number of nitrogen functional groups attached to an aromatic ring is 1. The minimum atomic E-state index is -0.345. The number of thiazole rings is 1. The summed E-state index contributed by atoms with van der Waals surface area (Å²) in [4.78, 5) is 16.3. The van der Waals surface area contributed by atoms with Crippen LogP contribution in [-0.2, 0) is 5.41 Å². The van der Waals surface area contributed by atoms with Crippen LogP contribution >= 0.6 is 11.3 Å². The van der Waals surface area contributed by atoms with Gasteiger partial charge in [0.1, 0.15) is 5.82 Å². The number of rotatable bonds is 2. The van der Waals surface area contributed by atoms with Gasteiger partial charge in [0.05, 0.1) is 5.69 Å². The Morgan fingerprint density at radius 1 is 1.32 bits per heavy atom. The van der Waals surface area contributed by atoms with Crippen LogP contribution in [0.15, 0.2) is 17.5 Å². The molecule has 0 radical (unpaired) electrons. The van der Waals surface area contributed by atoms with Gasteiger partial charge < -0.3 is 5.73 Å². The van der Waals surface area contributed by atoms with Gasteiger partial charge in [-0.2, -0.15) is 0 Å². The second-order valence-electron chi connectivity index (χ2n) is 5.09. The third kappa shape index (κ3) is 3.25. The summed E-state index contributed by atoms with van der Waals surface area (Å²) in [6.45, 7) is 6.21. The van der Waals surface area contributed by atoms with Crippen molar-refractivity contribution in [1.29, 1.82) is 0 Å². The Bertz CT molecular complexity index is 585. The molecule has 2 heterocycles. The number of carbonyl (C=O) groups is 1. The summed E-state index contributed by atoms with van der Waals surface area (Å²) in [5, 5.41) is 12.5. The first-order valence-corrected chi connectivity index (χ1v) is 6.61. The van der Waals surface area contributed by atoms with Gasteiger partial charge in [-0.3, -0.25) is 10.1 Å². The first kappa shape index (κ1) is 13.4. The molecule has 6 nitrogen and oxygen atoms in total. The first-order valence-electron chi connectivity index (χ1n) is 5.73. The summed E-state index contributed by atoms with van der Waals surface area (Å²) in [5.74, 6) is -0.0665. The van der Waals surface area contributed by atoms with E-state index in [1.54, 1.807) is 0 Å². The molecule has 7 heteroatoms. The highest BCUT2D eigenvalue weighted by molar-refractivity contribution is 7.14. The van der Waals surface area contributed by atoms with Crippen LogP contribution in [0.5, 0.6) is 0 Å². The highest BCUT2D eigenvalue weighted by Crippen LogP contribution is 2.26. The topological polar surface area (TPSA) is 93.8 Å². The molecular formula is C12H15N5OS. The van der Waals surface area contributed by atoms with Gasteiger partial charge in [-0.1, -0.05) is 20.8 Å². The zero-order chi connectivity index (χ0) is 14.0. The molecule has 3 N–H and O–H groups in total. The molecule has 0 bridgehead atoms. The smallest absolute Gasteiger partial charge is 0.277 e. The largest absolute Gasteiger partial charge is 0.382 e. The molecule has 0 saturated carbocycles. The summed E-state index contributed by atoms with van der Waals surface area (Å²) in [6.07, 6.45) is 0. The van der Waals surface area contributed by atoms with Gasteiger partial charge in [0.15, 0.2) is 10.8 Å². The number of hydrogen-bond donors (Lipinski definition) is 2. The number of nitrogens with two attached hydrogens (primary N) is 1. The summed E-state index contributed by atoms with van der Waals surface area (Å²) < 4.78 is 0. The molecule has 2 aromatic rings. The minimum Gasteiger partial charge on any atom is -0.382 e. The van der Waals surface area contributed by atoms with E-state index in [4.69, 9.17) is 5.73 Å². The number of amides is 1. The lowest BCUT2D eigenvalue weighted by Crippen LogP contribution is -2.15. The van der Waals surface area contributed by atoms with Crippen LogP contribution in [0, 0.1) is 0 Å². The Hall–Kier alpha value is -2.02. The number of carbonyl (C=O) groups excluding carboxylic acids is 1. The molecule has 19 heavy (non-hydrogen) atoms. The molecule has 1 amide bonds. The number of nitrogens with zero attached hydrogens (tertiary/aromatic N) is 3. The molecule has 0 spiro atoms. The summed E-state index contributed by atoms with van der Waals surface area (Å²) in [5.41, 5.74) is 6.52. The average molecular weight is 277 g/mol. The Morgan fingerprint density at radius 3 is 2.58 bits per heavy atom. The third-order valence-corrected chi connectivity index (χ3v) is 3.17. The van der Waals surface area contributed by atoms with Crippen molar-refractivity contribution >= 4 is 28.2 Å². The zero-order valence-electron chi connectivity index (χ0n) is 11.0. The van der Waals surface area contributed by atoms with E-state index in [1.165, 1.54) is 23.5 Å². The number of aromatic nitrogens is 3. The summed E-state index contributed by atoms with van der Waals surface area (Å²) >= 11 is 1.39. The van der Waals surface area contributed by atoms with Crippen molar-refractivity contribution in [3.63, 3.8) is 0 Å². The second kappa shape index (κ2) is 4.93. The number of hydrogen-bond acceptors (Lipinski definition) is 6. The molecule has 100 valence electrons. The van der Waals surface area contributed by atoms with Crippen molar-refractivity contribution < 1.29 is 4.79 Å². The average Bonchev–Trinajstić information content (AvgIpc) is 2.78. The van der Waals surface area contributed by atoms with Crippen molar-refractivity contribution in [2.24, 2.45) is 0 Å². The van der Waals surface area contributed by atoms with Crippen LogP contribution in [-0.4, -0.2) is 21.1 Å².